The summed E-state index contributed by atoms with van der Waals surface area (Å²) >= 11 is 0. The van der Waals surface area contributed by atoms with Gasteiger partial charge in [0.15, 0.2) is 0 Å². The standard InChI is InChI=1S/C80H58N4O2/c1-49(2)51-29-35-59(36-30-51)81(73-27-15-23-65-63-21-11-13-25-71(63)83(79(65)73)57-17-7-5-8-18-57)61-39-33-53-43-67-69-47-78-70(48-77(69)85-75(67)45-55(53)41-61)68-44-54-34-40-62(42-56(54)46-76(68)86-78)82(60-37-31-52(32-38-60)50(3)4)74-28-16-24-66-64-22-12-14-26-72(64)84(80(66)74)58-19-9-6-10-20-58/h5-50H,1-4H3. The van der Waals surface area contributed by atoms with Gasteiger partial charge in [-0.25, -0.2) is 0 Å². The minimum absolute atomic E-state index is 0.413. The van der Waals surface area contributed by atoms with E-state index in [-0.39, 0.29) is 0 Å². The average Bonchev–Trinajstić information content (AvgIpc) is 1.91. The van der Waals surface area contributed by atoms with Crippen molar-refractivity contribution < 1.29 is 8.83 Å². The molecule has 0 atom stereocenters. The van der Waals surface area contributed by atoms with Gasteiger partial charge in [-0.15, -0.1) is 0 Å². The molecule has 0 saturated heterocycles. The van der Waals surface area contributed by atoms with Crippen LogP contribution in [0.1, 0.15) is 50.7 Å². The van der Waals surface area contributed by atoms with Crippen LogP contribution in [0.3, 0.4) is 0 Å². The van der Waals surface area contributed by atoms with Crippen LogP contribution in [0.4, 0.5) is 34.1 Å². The van der Waals surface area contributed by atoms with Gasteiger partial charge in [0.1, 0.15) is 22.3 Å². The van der Waals surface area contributed by atoms with Gasteiger partial charge in [-0.05, 0) is 178 Å². The van der Waals surface area contributed by atoms with Crippen molar-refractivity contribution in [2.24, 2.45) is 0 Å². The molecular formula is C80H58N4O2. The highest BCUT2D eigenvalue weighted by molar-refractivity contribution is 6.20. The van der Waals surface area contributed by atoms with E-state index in [1.165, 1.54) is 43.7 Å². The van der Waals surface area contributed by atoms with E-state index in [4.69, 9.17) is 8.83 Å². The monoisotopic (exact) mass is 1110 g/mol. The van der Waals surface area contributed by atoms with Crippen LogP contribution in [0, 0.1) is 0 Å². The maximum Gasteiger partial charge on any atom is 0.136 e. The van der Waals surface area contributed by atoms with Crippen LogP contribution in [0.5, 0.6) is 0 Å². The zero-order valence-electron chi connectivity index (χ0n) is 48.2. The SMILES string of the molecule is CC(C)c1ccc(N(c2ccc3cc4c(cc3c2)oc2cc3c(cc24)oc2cc4cc(N(c5ccc(C(C)C)cc5)c5cccc6c7ccccc7n(-c7ccccc7)c56)ccc4cc23)c2cccc3c4ccccc4n(-c4ccccc4)c23)cc1. The van der Waals surface area contributed by atoms with Gasteiger partial charge in [0.25, 0.3) is 0 Å². The summed E-state index contributed by atoms with van der Waals surface area (Å²) in [6, 6.07) is 97.6. The Balaban J connectivity index is 0.785. The first-order valence-corrected chi connectivity index (χ1v) is 29.9. The molecule has 0 amide bonds. The number of aromatic nitrogens is 2. The Morgan fingerprint density at radius 2 is 0.640 bits per heavy atom. The van der Waals surface area contributed by atoms with Crippen molar-refractivity contribution in [1.29, 1.82) is 0 Å². The van der Waals surface area contributed by atoms with Gasteiger partial charge in [0, 0.05) is 77.2 Å². The molecule has 13 aromatic carbocycles. The fourth-order valence-electron chi connectivity index (χ4n) is 13.7. The lowest BCUT2D eigenvalue weighted by Crippen LogP contribution is -2.12. The van der Waals surface area contributed by atoms with E-state index in [2.05, 4.69) is 314 Å². The maximum atomic E-state index is 6.90. The van der Waals surface area contributed by atoms with Gasteiger partial charge in [-0.1, -0.05) is 161 Å². The first-order valence-electron chi connectivity index (χ1n) is 29.9. The highest BCUT2D eigenvalue weighted by Crippen LogP contribution is 2.48. The van der Waals surface area contributed by atoms with Gasteiger partial charge >= 0.3 is 0 Å². The summed E-state index contributed by atoms with van der Waals surface area (Å²) in [6.07, 6.45) is 0. The van der Waals surface area contributed by atoms with Crippen LogP contribution in [0.25, 0.3) is 120 Å². The summed E-state index contributed by atoms with van der Waals surface area (Å²) in [5.74, 6) is 0.825. The maximum absolute atomic E-state index is 6.90. The van der Waals surface area contributed by atoms with Gasteiger partial charge in [-0.3, -0.25) is 0 Å². The van der Waals surface area contributed by atoms with Gasteiger partial charge in [-0.2, -0.15) is 0 Å². The van der Waals surface area contributed by atoms with E-state index >= 15 is 0 Å². The molecular weight excluding hydrogens is 1050 g/mol. The first kappa shape index (κ1) is 49.8. The van der Waals surface area contributed by atoms with E-state index in [1.54, 1.807) is 0 Å². The highest BCUT2D eigenvalue weighted by Gasteiger charge is 2.25. The summed E-state index contributed by atoms with van der Waals surface area (Å²) in [5.41, 5.74) is 19.3. The quantitative estimate of drug-likeness (QED) is 0.137. The van der Waals surface area contributed by atoms with Crippen LogP contribution < -0.4 is 9.80 Å². The second-order valence-corrected chi connectivity index (χ2v) is 23.7. The van der Waals surface area contributed by atoms with E-state index in [1.807, 2.05) is 0 Å². The van der Waals surface area contributed by atoms with Crippen LogP contribution in [0.15, 0.2) is 276 Å². The summed E-state index contributed by atoms with van der Waals surface area (Å²) in [5, 5.41) is 13.5. The Bertz CT molecular complexity index is 5190. The lowest BCUT2D eigenvalue weighted by atomic mass is 10.0. The molecule has 4 heterocycles. The Morgan fingerprint density at radius 1 is 0.279 bits per heavy atom. The Labute approximate surface area is 497 Å². The second kappa shape index (κ2) is 19.4. The van der Waals surface area contributed by atoms with Gasteiger partial charge in [0.2, 0.25) is 0 Å². The Kier molecular flexibility index (Phi) is 11.2. The zero-order chi connectivity index (χ0) is 57.3. The number of fused-ring (bicyclic) bond motifs is 14. The molecule has 4 aromatic heterocycles. The van der Waals surface area contributed by atoms with Crippen molar-refractivity contribution in [3.05, 3.63) is 278 Å². The minimum atomic E-state index is 0.413. The average molecular weight is 1110 g/mol. The lowest BCUT2D eigenvalue weighted by molar-refractivity contribution is 0.664. The van der Waals surface area contributed by atoms with E-state index in [0.29, 0.717) is 11.8 Å². The van der Waals surface area contributed by atoms with Crippen LogP contribution in [-0.2, 0) is 0 Å². The molecule has 0 aliphatic rings. The molecule has 0 N–H and O–H groups in total. The van der Waals surface area contributed by atoms with Crippen LogP contribution in [-0.4, -0.2) is 9.13 Å². The molecule has 6 nitrogen and oxygen atoms in total. The molecule has 410 valence electrons. The van der Waals surface area contributed by atoms with E-state index < -0.39 is 0 Å². The number of hydrogen-bond acceptors (Lipinski definition) is 4. The fraction of sp³-hybridized carbons (Fsp3) is 0.0750. The molecule has 17 rings (SSSR count). The third-order valence-electron chi connectivity index (χ3n) is 18.0. The topological polar surface area (TPSA) is 42.6 Å². The molecule has 0 fully saturated rings. The smallest absolute Gasteiger partial charge is 0.136 e. The van der Waals surface area contributed by atoms with Crippen molar-refractivity contribution >= 4 is 143 Å². The van der Waals surface area contributed by atoms with E-state index in [9.17, 15) is 0 Å². The molecule has 86 heavy (non-hydrogen) atoms. The van der Waals surface area contributed by atoms with E-state index in [0.717, 1.165) is 122 Å². The number of para-hydroxylation sites is 6. The molecule has 0 spiro atoms. The van der Waals surface area contributed by atoms with Gasteiger partial charge < -0.3 is 27.8 Å². The normalized spacial score (nSPS) is 12.2. The summed E-state index contributed by atoms with van der Waals surface area (Å²) < 4.78 is 18.6. The number of anilines is 6. The molecule has 6 heteroatoms. The number of benzene rings is 13. The number of nitrogens with zero attached hydrogens (tertiary/aromatic N) is 4. The first-order chi connectivity index (χ1) is 42.3. The summed E-state index contributed by atoms with van der Waals surface area (Å²) in [6.45, 7) is 9.00. The Hall–Kier alpha value is -10.8. The molecule has 17 aromatic rings. The molecule has 0 aliphatic heterocycles. The van der Waals surface area contributed by atoms with Crippen LogP contribution in [0.2, 0.25) is 0 Å². The van der Waals surface area contributed by atoms with Crippen molar-refractivity contribution in [3.63, 3.8) is 0 Å². The molecule has 0 aliphatic carbocycles. The van der Waals surface area contributed by atoms with Crippen LogP contribution >= 0.6 is 0 Å². The summed E-state index contributed by atoms with van der Waals surface area (Å²) in [4.78, 5) is 4.84. The molecule has 0 unspecified atom stereocenters. The number of furan rings is 2. The predicted molar refractivity (Wildman–Crippen MR) is 362 cm³/mol. The third kappa shape index (κ3) is 7.79. The molecule has 0 saturated carbocycles. The molecule has 0 bridgehead atoms. The predicted octanol–water partition coefficient (Wildman–Crippen LogP) is 23.2. The largest absolute Gasteiger partial charge is 0.456 e. The highest BCUT2D eigenvalue weighted by atomic mass is 16.3. The Morgan fingerprint density at radius 3 is 1.06 bits per heavy atom. The van der Waals surface area contributed by atoms with Crippen molar-refractivity contribution in [1.82, 2.24) is 9.13 Å². The fourth-order valence-corrected chi connectivity index (χ4v) is 13.7. The number of rotatable bonds is 10. The minimum Gasteiger partial charge on any atom is -0.456 e. The molecule has 0 radical (unpaired) electrons. The van der Waals surface area contributed by atoms with Crippen molar-refractivity contribution in [2.75, 3.05) is 9.80 Å². The number of hydrogen-bond donors (Lipinski definition) is 0. The zero-order valence-corrected chi connectivity index (χ0v) is 48.2. The lowest BCUT2D eigenvalue weighted by Gasteiger charge is -2.28. The van der Waals surface area contributed by atoms with Crippen molar-refractivity contribution in [3.8, 4) is 11.4 Å². The second-order valence-electron chi connectivity index (χ2n) is 23.7. The van der Waals surface area contributed by atoms with Gasteiger partial charge in [0.05, 0.1) is 33.4 Å². The third-order valence-corrected chi connectivity index (χ3v) is 18.0. The summed E-state index contributed by atoms with van der Waals surface area (Å²) in [7, 11) is 0. The van der Waals surface area contributed by atoms with Crippen molar-refractivity contribution in [2.45, 2.75) is 39.5 Å².